The maximum Gasteiger partial charge on any atom is 0.416 e. The van der Waals surface area contributed by atoms with Crippen molar-refractivity contribution in [3.05, 3.63) is 46.7 Å². The number of likely N-dealkylation sites (N-methyl/N-ethyl adjacent to an activating group) is 1. The van der Waals surface area contributed by atoms with Crippen molar-refractivity contribution in [3.8, 4) is 0 Å². The van der Waals surface area contributed by atoms with Gasteiger partial charge in [0.15, 0.2) is 0 Å². The molecule has 1 saturated heterocycles. The number of rotatable bonds is 5. The summed E-state index contributed by atoms with van der Waals surface area (Å²) in [6.07, 6.45) is -3.48. The van der Waals surface area contributed by atoms with Crippen LogP contribution < -0.4 is 5.32 Å². The van der Waals surface area contributed by atoms with Gasteiger partial charge in [0.2, 0.25) is 5.91 Å². The Kier molecular flexibility index (Phi) is 6.96. The zero-order valence-electron chi connectivity index (χ0n) is 19.9. The van der Waals surface area contributed by atoms with Gasteiger partial charge in [0.25, 0.3) is 5.91 Å². The Labute approximate surface area is 205 Å². The highest BCUT2D eigenvalue weighted by atomic mass is 19.4. The molecular weight excluding hydrogens is 481 g/mol. The van der Waals surface area contributed by atoms with E-state index in [4.69, 9.17) is 4.74 Å². The number of ether oxygens (including phenoxy) is 1. The van der Waals surface area contributed by atoms with Gasteiger partial charge in [-0.3, -0.25) is 19.3 Å². The molecular formula is C24H27F3N4O5. The van der Waals surface area contributed by atoms with Gasteiger partial charge in [-0.1, -0.05) is 18.2 Å². The highest BCUT2D eigenvalue weighted by Gasteiger charge is 2.46. The number of benzene rings is 1. The van der Waals surface area contributed by atoms with Crippen LogP contribution in [0.5, 0.6) is 0 Å². The molecule has 0 saturated carbocycles. The highest BCUT2D eigenvalue weighted by Crippen LogP contribution is 2.41. The van der Waals surface area contributed by atoms with Crippen molar-refractivity contribution in [2.75, 3.05) is 39.8 Å². The van der Waals surface area contributed by atoms with E-state index < -0.39 is 35.6 Å². The predicted octanol–water partition coefficient (Wildman–Crippen LogP) is 2.30. The van der Waals surface area contributed by atoms with Gasteiger partial charge < -0.3 is 19.9 Å². The molecule has 4 amide bonds. The fourth-order valence-electron chi connectivity index (χ4n) is 4.91. The maximum atomic E-state index is 13.7. The Morgan fingerprint density at radius 1 is 1.19 bits per heavy atom. The normalized spacial score (nSPS) is 22.5. The van der Waals surface area contributed by atoms with Crippen LogP contribution in [-0.4, -0.2) is 78.3 Å². The lowest BCUT2D eigenvalue weighted by atomic mass is 9.92. The fourth-order valence-corrected chi connectivity index (χ4v) is 4.91. The van der Waals surface area contributed by atoms with Gasteiger partial charge in [-0.15, -0.1) is 0 Å². The number of hydrogen-bond donors (Lipinski definition) is 1. The van der Waals surface area contributed by atoms with Crippen LogP contribution in [0.25, 0.3) is 0 Å². The summed E-state index contributed by atoms with van der Waals surface area (Å²) in [5, 5.41) is 2.50. The third-order valence-electron chi connectivity index (χ3n) is 6.73. The maximum absolute atomic E-state index is 13.7. The summed E-state index contributed by atoms with van der Waals surface area (Å²) in [6.45, 7) is 2.12. The van der Waals surface area contributed by atoms with E-state index in [1.54, 1.807) is 6.92 Å². The molecule has 36 heavy (non-hydrogen) atoms. The molecule has 9 nitrogen and oxygen atoms in total. The van der Waals surface area contributed by atoms with Crippen LogP contribution in [0.4, 0.5) is 18.0 Å². The molecule has 0 aromatic heterocycles. The molecule has 1 fully saturated rings. The SMILES string of the molecule is CCOC(=O)[C@H]1CCCN(C(=O)CN2CC3=C(C2=O)[C@H](c2ccccc2C(F)(F)F)NC(=O)N3C)C1. The van der Waals surface area contributed by atoms with E-state index in [0.29, 0.717) is 19.4 Å². The van der Waals surface area contributed by atoms with Crippen LogP contribution in [-0.2, 0) is 25.3 Å². The summed E-state index contributed by atoms with van der Waals surface area (Å²) in [5.74, 6) is -1.82. The number of amides is 4. The third kappa shape index (κ3) is 4.76. The van der Waals surface area contributed by atoms with E-state index in [2.05, 4.69) is 5.32 Å². The first-order valence-corrected chi connectivity index (χ1v) is 11.7. The third-order valence-corrected chi connectivity index (χ3v) is 6.73. The van der Waals surface area contributed by atoms with Crippen LogP contribution in [0.15, 0.2) is 35.5 Å². The first kappa shape index (κ1) is 25.5. The predicted molar refractivity (Wildman–Crippen MR) is 120 cm³/mol. The monoisotopic (exact) mass is 508 g/mol. The summed E-state index contributed by atoms with van der Waals surface area (Å²) < 4.78 is 46.1. The van der Waals surface area contributed by atoms with Crippen molar-refractivity contribution in [1.82, 2.24) is 20.0 Å². The summed E-state index contributed by atoms with van der Waals surface area (Å²) in [7, 11) is 1.42. The molecule has 194 valence electrons. The number of nitrogens with zero attached hydrogens (tertiary/aromatic N) is 3. The molecule has 0 unspecified atom stereocenters. The molecule has 1 aromatic rings. The minimum absolute atomic E-state index is 0.00430. The number of nitrogens with one attached hydrogen (secondary N) is 1. The molecule has 0 aliphatic carbocycles. The highest BCUT2D eigenvalue weighted by molar-refractivity contribution is 6.03. The lowest BCUT2D eigenvalue weighted by molar-refractivity contribution is -0.152. The molecule has 3 aliphatic heterocycles. The van der Waals surface area contributed by atoms with Gasteiger partial charge in [-0.2, -0.15) is 13.2 Å². The minimum Gasteiger partial charge on any atom is -0.466 e. The summed E-state index contributed by atoms with van der Waals surface area (Å²) in [4.78, 5) is 55.0. The van der Waals surface area contributed by atoms with E-state index in [0.717, 1.165) is 6.07 Å². The Bertz CT molecular complexity index is 1120. The average molecular weight is 508 g/mol. The van der Waals surface area contributed by atoms with Crippen molar-refractivity contribution in [3.63, 3.8) is 0 Å². The average Bonchev–Trinajstić information content (AvgIpc) is 3.17. The molecule has 3 heterocycles. The summed E-state index contributed by atoms with van der Waals surface area (Å²) in [5.41, 5.74) is -0.938. The van der Waals surface area contributed by atoms with Crippen LogP contribution >= 0.6 is 0 Å². The quantitative estimate of drug-likeness (QED) is 0.616. The second-order valence-electron chi connectivity index (χ2n) is 8.98. The van der Waals surface area contributed by atoms with Crippen molar-refractivity contribution in [2.45, 2.75) is 32.0 Å². The van der Waals surface area contributed by atoms with Crippen LogP contribution in [0, 0.1) is 5.92 Å². The van der Waals surface area contributed by atoms with E-state index in [1.807, 2.05) is 0 Å². The topological polar surface area (TPSA) is 99.3 Å². The number of halogens is 3. The molecule has 2 atom stereocenters. The standard InChI is InChI=1S/C24H27F3N4O5/c1-3-36-22(34)14-7-6-10-30(11-14)18(32)13-31-12-17-19(21(31)33)20(28-23(35)29(17)2)15-8-4-5-9-16(15)24(25,26)27/h4-5,8-9,14,20H,3,6-7,10-13H2,1-2H3,(H,28,35)/t14-,20-/m0/s1. The summed E-state index contributed by atoms with van der Waals surface area (Å²) >= 11 is 0. The second kappa shape index (κ2) is 9.82. The van der Waals surface area contributed by atoms with Gasteiger partial charge in [-0.05, 0) is 31.4 Å². The lowest BCUT2D eigenvalue weighted by Crippen LogP contribution is -2.47. The van der Waals surface area contributed by atoms with Crippen molar-refractivity contribution < 1.29 is 37.1 Å². The number of alkyl halides is 3. The molecule has 0 radical (unpaired) electrons. The van der Waals surface area contributed by atoms with Gasteiger partial charge in [0.1, 0.15) is 6.54 Å². The zero-order valence-corrected chi connectivity index (χ0v) is 19.9. The van der Waals surface area contributed by atoms with Crippen molar-refractivity contribution in [2.24, 2.45) is 5.92 Å². The van der Waals surface area contributed by atoms with Crippen molar-refractivity contribution >= 4 is 23.8 Å². The zero-order chi connectivity index (χ0) is 26.2. The molecule has 0 spiro atoms. The number of likely N-dealkylation sites (tertiary alicyclic amines) is 1. The molecule has 12 heteroatoms. The Hall–Kier alpha value is -3.57. The second-order valence-corrected chi connectivity index (χ2v) is 8.98. The summed E-state index contributed by atoms with van der Waals surface area (Å²) in [6, 6.07) is 2.82. The van der Waals surface area contributed by atoms with E-state index in [1.165, 1.54) is 39.9 Å². The minimum atomic E-state index is -4.69. The Morgan fingerprint density at radius 3 is 2.61 bits per heavy atom. The van der Waals surface area contributed by atoms with Gasteiger partial charge in [0, 0.05) is 20.1 Å². The van der Waals surface area contributed by atoms with E-state index in [9.17, 15) is 32.3 Å². The van der Waals surface area contributed by atoms with Gasteiger partial charge >= 0.3 is 18.2 Å². The lowest BCUT2D eigenvalue weighted by Gasteiger charge is -2.32. The number of carbonyl (C=O) groups is 4. The van der Waals surface area contributed by atoms with Gasteiger partial charge in [0.05, 0.1) is 41.9 Å². The van der Waals surface area contributed by atoms with Crippen LogP contribution in [0.1, 0.15) is 36.9 Å². The molecule has 3 aliphatic rings. The molecule has 1 N–H and O–H groups in total. The smallest absolute Gasteiger partial charge is 0.416 e. The number of carbonyl (C=O) groups excluding carboxylic acids is 4. The van der Waals surface area contributed by atoms with Crippen molar-refractivity contribution in [1.29, 1.82) is 0 Å². The first-order valence-electron chi connectivity index (χ1n) is 11.7. The Morgan fingerprint density at radius 2 is 1.92 bits per heavy atom. The van der Waals surface area contributed by atoms with E-state index >= 15 is 0 Å². The molecule has 0 bridgehead atoms. The van der Waals surface area contributed by atoms with Crippen LogP contribution in [0.2, 0.25) is 0 Å². The number of esters is 1. The fraction of sp³-hybridized carbons (Fsp3) is 0.500. The van der Waals surface area contributed by atoms with E-state index in [-0.39, 0.29) is 55.0 Å². The number of piperidine rings is 1. The first-order chi connectivity index (χ1) is 17.0. The van der Waals surface area contributed by atoms with Crippen LogP contribution in [0.3, 0.4) is 0 Å². The molecule has 1 aromatic carbocycles. The number of hydrogen-bond acceptors (Lipinski definition) is 5. The number of urea groups is 1. The van der Waals surface area contributed by atoms with Gasteiger partial charge in [-0.25, -0.2) is 4.79 Å². The Balaban J connectivity index is 1.55. The molecule has 4 rings (SSSR count). The largest absolute Gasteiger partial charge is 0.466 e.